The second-order valence-electron chi connectivity index (χ2n) is 7.35. The van der Waals surface area contributed by atoms with E-state index in [0.29, 0.717) is 37.3 Å². The molecule has 1 aliphatic rings. The summed E-state index contributed by atoms with van der Waals surface area (Å²) in [6.07, 6.45) is 4.48. The molecule has 1 atom stereocenters. The predicted molar refractivity (Wildman–Crippen MR) is 112 cm³/mol. The van der Waals surface area contributed by atoms with Gasteiger partial charge >= 0.3 is 0 Å². The number of nitrogens with two attached hydrogens (primary N) is 1. The molecule has 0 aliphatic carbocycles. The van der Waals surface area contributed by atoms with Crippen molar-refractivity contribution in [3.8, 4) is 5.75 Å². The molecule has 1 aromatic carbocycles. The zero-order chi connectivity index (χ0) is 20.6. The van der Waals surface area contributed by atoms with Crippen molar-refractivity contribution in [2.24, 2.45) is 5.92 Å². The minimum atomic E-state index is -0.0373. The van der Waals surface area contributed by atoms with Crippen molar-refractivity contribution in [1.82, 2.24) is 15.2 Å². The molecule has 1 saturated heterocycles. The normalized spacial score (nSPS) is 16.3. The van der Waals surface area contributed by atoms with Gasteiger partial charge in [-0.2, -0.15) is 0 Å². The third-order valence-corrected chi connectivity index (χ3v) is 5.24. The number of methoxy groups -OCH3 is 1. The van der Waals surface area contributed by atoms with Crippen LogP contribution in [-0.2, 0) is 11.2 Å². The number of benzene rings is 1. The van der Waals surface area contributed by atoms with Crippen molar-refractivity contribution in [3.63, 3.8) is 0 Å². The van der Waals surface area contributed by atoms with Crippen LogP contribution in [-0.4, -0.2) is 48.4 Å². The van der Waals surface area contributed by atoms with Crippen LogP contribution in [0.1, 0.15) is 35.2 Å². The Bertz CT molecular complexity index is 838. The van der Waals surface area contributed by atoms with E-state index in [1.54, 1.807) is 19.2 Å². The Labute approximate surface area is 171 Å². The van der Waals surface area contributed by atoms with Gasteiger partial charge in [-0.15, -0.1) is 0 Å². The number of pyridine rings is 1. The fourth-order valence-corrected chi connectivity index (χ4v) is 3.63. The van der Waals surface area contributed by atoms with Crippen LogP contribution in [0.2, 0.25) is 0 Å². The van der Waals surface area contributed by atoms with Crippen molar-refractivity contribution >= 4 is 17.6 Å². The number of hydrogen-bond donors (Lipinski definition) is 2. The van der Waals surface area contributed by atoms with E-state index < -0.39 is 0 Å². The molecule has 2 heterocycles. The number of aryl methyl sites for hydroxylation is 1. The monoisotopic (exact) mass is 396 g/mol. The summed E-state index contributed by atoms with van der Waals surface area (Å²) >= 11 is 0. The van der Waals surface area contributed by atoms with Crippen LogP contribution in [0.4, 0.5) is 5.82 Å². The van der Waals surface area contributed by atoms with Crippen molar-refractivity contribution < 1.29 is 14.3 Å². The van der Waals surface area contributed by atoms with Gasteiger partial charge in [0.05, 0.1) is 12.7 Å². The Morgan fingerprint density at radius 3 is 2.86 bits per heavy atom. The first-order valence-electron chi connectivity index (χ1n) is 9.96. The van der Waals surface area contributed by atoms with E-state index in [1.807, 2.05) is 29.2 Å². The molecular weight excluding hydrogens is 368 g/mol. The Morgan fingerprint density at radius 2 is 2.10 bits per heavy atom. The number of anilines is 1. The number of carbonyl (C=O) groups is 2. The summed E-state index contributed by atoms with van der Waals surface area (Å²) in [5.41, 5.74) is 7.16. The highest BCUT2D eigenvalue weighted by Gasteiger charge is 2.25. The molecule has 1 fully saturated rings. The van der Waals surface area contributed by atoms with E-state index in [0.717, 1.165) is 30.7 Å². The Balaban J connectivity index is 1.46. The van der Waals surface area contributed by atoms with Crippen LogP contribution in [0.5, 0.6) is 5.75 Å². The van der Waals surface area contributed by atoms with Gasteiger partial charge in [-0.1, -0.05) is 18.2 Å². The Morgan fingerprint density at radius 1 is 1.28 bits per heavy atom. The number of nitrogens with one attached hydrogen (secondary N) is 1. The zero-order valence-corrected chi connectivity index (χ0v) is 16.8. The molecule has 0 saturated carbocycles. The first-order valence-corrected chi connectivity index (χ1v) is 9.96. The number of ether oxygens (including phenoxy) is 1. The SMILES string of the molecule is COc1ccccc1CCC(=O)NCC1CCCN(C(=O)c2ccc(N)nc2)C1. The number of rotatable bonds is 7. The zero-order valence-electron chi connectivity index (χ0n) is 16.8. The number of likely N-dealkylation sites (tertiary alicyclic amines) is 1. The minimum Gasteiger partial charge on any atom is -0.496 e. The van der Waals surface area contributed by atoms with E-state index in [4.69, 9.17) is 10.5 Å². The number of amides is 2. The summed E-state index contributed by atoms with van der Waals surface area (Å²) in [4.78, 5) is 30.8. The minimum absolute atomic E-state index is 0.0158. The highest BCUT2D eigenvalue weighted by Crippen LogP contribution is 2.20. The summed E-state index contributed by atoms with van der Waals surface area (Å²) in [6.45, 7) is 1.94. The van der Waals surface area contributed by atoms with E-state index in [-0.39, 0.29) is 17.7 Å². The molecule has 3 N–H and O–H groups in total. The molecule has 7 heteroatoms. The Kier molecular flexibility index (Phi) is 7.05. The lowest BCUT2D eigenvalue weighted by molar-refractivity contribution is -0.121. The predicted octanol–water partition coefficient (Wildman–Crippen LogP) is 2.27. The van der Waals surface area contributed by atoms with E-state index >= 15 is 0 Å². The Hall–Kier alpha value is -3.09. The maximum Gasteiger partial charge on any atom is 0.255 e. The molecule has 3 rings (SSSR count). The van der Waals surface area contributed by atoms with E-state index in [1.165, 1.54) is 6.20 Å². The fourth-order valence-electron chi connectivity index (χ4n) is 3.63. The first-order chi connectivity index (χ1) is 14.1. The maximum absolute atomic E-state index is 12.7. The third kappa shape index (κ3) is 5.70. The van der Waals surface area contributed by atoms with Gasteiger partial charge in [0.2, 0.25) is 5.91 Å². The van der Waals surface area contributed by atoms with Crippen LogP contribution in [0.25, 0.3) is 0 Å². The lowest BCUT2D eigenvalue weighted by Gasteiger charge is -2.33. The maximum atomic E-state index is 12.7. The number of carbonyl (C=O) groups excluding carboxylic acids is 2. The number of hydrogen-bond acceptors (Lipinski definition) is 5. The highest BCUT2D eigenvalue weighted by atomic mass is 16.5. The van der Waals surface area contributed by atoms with Gasteiger partial charge in [-0.3, -0.25) is 9.59 Å². The average molecular weight is 396 g/mol. The van der Waals surface area contributed by atoms with E-state index in [2.05, 4.69) is 10.3 Å². The molecule has 0 bridgehead atoms. The lowest BCUT2D eigenvalue weighted by atomic mass is 9.97. The number of nitrogens with zero attached hydrogens (tertiary/aromatic N) is 2. The van der Waals surface area contributed by atoms with Crippen LogP contribution in [0.15, 0.2) is 42.6 Å². The number of piperidine rings is 1. The molecule has 0 radical (unpaired) electrons. The molecule has 2 aromatic rings. The molecule has 2 amide bonds. The first kappa shape index (κ1) is 20.6. The lowest BCUT2D eigenvalue weighted by Crippen LogP contribution is -2.43. The summed E-state index contributed by atoms with van der Waals surface area (Å²) in [6, 6.07) is 11.1. The van der Waals surface area contributed by atoms with Gasteiger partial charge in [0.25, 0.3) is 5.91 Å². The van der Waals surface area contributed by atoms with Crippen LogP contribution in [0, 0.1) is 5.92 Å². The quantitative estimate of drug-likeness (QED) is 0.748. The van der Waals surface area contributed by atoms with E-state index in [9.17, 15) is 9.59 Å². The molecule has 1 unspecified atom stereocenters. The second-order valence-corrected chi connectivity index (χ2v) is 7.35. The van der Waals surface area contributed by atoms with Gasteiger partial charge in [-0.05, 0) is 48.9 Å². The number of aromatic nitrogens is 1. The molecular formula is C22H28N4O3. The highest BCUT2D eigenvalue weighted by molar-refractivity contribution is 5.94. The van der Waals surface area contributed by atoms with Crippen LogP contribution < -0.4 is 15.8 Å². The van der Waals surface area contributed by atoms with Gasteiger partial charge in [0.1, 0.15) is 11.6 Å². The average Bonchev–Trinajstić information content (AvgIpc) is 2.76. The summed E-state index contributed by atoms with van der Waals surface area (Å²) in [5.74, 6) is 1.43. The fraction of sp³-hybridized carbons (Fsp3) is 0.409. The van der Waals surface area contributed by atoms with Crippen molar-refractivity contribution in [2.45, 2.75) is 25.7 Å². The molecule has 1 aromatic heterocycles. The van der Waals surface area contributed by atoms with Crippen LogP contribution in [0.3, 0.4) is 0 Å². The molecule has 7 nitrogen and oxygen atoms in total. The van der Waals surface area contributed by atoms with Crippen molar-refractivity contribution in [1.29, 1.82) is 0 Å². The topological polar surface area (TPSA) is 97.5 Å². The molecule has 1 aliphatic heterocycles. The van der Waals surface area contributed by atoms with Gasteiger partial charge in [0, 0.05) is 32.3 Å². The second kappa shape index (κ2) is 9.91. The number of nitrogen functional groups attached to an aromatic ring is 1. The summed E-state index contributed by atoms with van der Waals surface area (Å²) < 4.78 is 5.33. The summed E-state index contributed by atoms with van der Waals surface area (Å²) in [7, 11) is 1.63. The molecule has 0 spiro atoms. The van der Waals surface area contributed by atoms with Crippen molar-refractivity contribution in [3.05, 3.63) is 53.7 Å². The standard InChI is InChI=1S/C22H28N4O3/c1-29-19-7-3-2-6-17(19)9-11-21(27)25-13-16-5-4-12-26(15-16)22(28)18-8-10-20(23)24-14-18/h2-3,6-8,10,14,16H,4-5,9,11-13,15H2,1H3,(H2,23,24)(H,25,27). The molecule has 29 heavy (non-hydrogen) atoms. The van der Waals surface area contributed by atoms with Crippen LogP contribution >= 0.6 is 0 Å². The van der Waals surface area contributed by atoms with Gasteiger partial charge in [-0.25, -0.2) is 4.98 Å². The van der Waals surface area contributed by atoms with Crippen molar-refractivity contribution in [2.75, 3.05) is 32.5 Å². The third-order valence-electron chi connectivity index (χ3n) is 5.24. The summed E-state index contributed by atoms with van der Waals surface area (Å²) in [5, 5.41) is 3.02. The number of para-hydroxylation sites is 1. The smallest absolute Gasteiger partial charge is 0.255 e. The molecule has 154 valence electrons. The van der Waals surface area contributed by atoms with Gasteiger partial charge < -0.3 is 20.7 Å². The largest absolute Gasteiger partial charge is 0.496 e. The van der Waals surface area contributed by atoms with Gasteiger partial charge in [0.15, 0.2) is 0 Å².